The van der Waals surface area contributed by atoms with Crippen molar-refractivity contribution in [2.24, 2.45) is 0 Å². The standard InChI is InChI=1S/C21H19N5S/c1-14-17(12-16-8-4-3-5-9-16)20(24-15(2)23-14)26-21-25-19(13-27-21)18-10-6-7-11-22-18/h3-11,13H,12H2,1-2H3,(H,23,24,25,26). The molecule has 0 bridgehead atoms. The lowest BCUT2D eigenvalue weighted by molar-refractivity contribution is 0.965. The zero-order valence-corrected chi connectivity index (χ0v) is 16.0. The van der Waals surface area contributed by atoms with Crippen molar-refractivity contribution in [3.8, 4) is 11.4 Å². The van der Waals surface area contributed by atoms with Crippen molar-refractivity contribution in [3.63, 3.8) is 0 Å². The maximum absolute atomic E-state index is 4.67. The number of thiazole rings is 1. The van der Waals surface area contributed by atoms with Gasteiger partial charge >= 0.3 is 0 Å². The Labute approximate surface area is 162 Å². The fraction of sp³-hybridized carbons (Fsp3) is 0.143. The van der Waals surface area contributed by atoms with E-state index in [4.69, 9.17) is 0 Å². The lowest BCUT2D eigenvalue weighted by Gasteiger charge is -2.13. The summed E-state index contributed by atoms with van der Waals surface area (Å²) in [6.07, 6.45) is 2.55. The van der Waals surface area contributed by atoms with Crippen LogP contribution in [-0.4, -0.2) is 19.9 Å². The van der Waals surface area contributed by atoms with Gasteiger partial charge in [0.2, 0.25) is 0 Å². The molecule has 3 heterocycles. The van der Waals surface area contributed by atoms with Gasteiger partial charge in [-0.05, 0) is 31.5 Å². The summed E-state index contributed by atoms with van der Waals surface area (Å²) in [4.78, 5) is 18.2. The van der Waals surface area contributed by atoms with Crippen molar-refractivity contribution in [2.45, 2.75) is 20.3 Å². The molecule has 0 saturated carbocycles. The van der Waals surface area contributed by atoms with Gasteiger partial charge in [-0.2, -0.15) is 0 Å². The molecule has 0 unspecified atom stereocenters. The largest absolute Gasteiger partial charge is 0.316 e. The molecule has 5 nitrogen and oxygen atoms in total. The van der Waals surface area contributed by atoms with E-state index < -0.39 is 0 Å². The number of benzene rings is 1. The predicted octanol–water partition coefficient (Wildman–Crippen LogP) is 4.95. The van der Waals surface area contributed by atoms with Crippen molar-refractivity contribution >= 4 is 22.3 Å². The maximum Gasteiger partial charge on any atom is 0.188 e. The molecule has 0 fully saturated rings. The fourth-order valence-corrected chi connectivity index (χ4v) is 3.62. The minimum absolute atomic E-state index is 0.744. The number of rotatable bonds is 5. The molecule has 0 aliphatic heterocycles. The third-order valence-electron chi connectivity index (χ3n) is 4.21. The molecule has 0 radical (unpaired) electrons. The molecule has 0 atom stereocenters. The topological polar surface area (TPSA) is 63.6 Å². The maximum atomic E-state index is 4.67. The number of nitrogens with zero attached hydrogens (tertiary/aromatic N) is 4. The third kappa shape index (κ3) is 4.01. The summed E-state index contributed by atoms with van der Waals surface area (Å²) in [7, 11) is 0. The number of anilines is 2. The van der Waals surface area contributed by atoms with Gasteiger partial charge in [-0.1, -0.05) is 36.4 Å². The number of pyridine rings is 1. The summed E-state index contributed by atoms with van der Waals surface area (Å²) >= 11 is 1.54. The average molecular weight is 373 g/mol. The van der Waals surface area contributed by atoms with E-state index in [0.717, 1.165) is 45.8 Å². The minimum atomic E-state index is 0.744. The molecule has 0 aliphatic carbocycles. The highest BCUT2D eigenvalue weighted by molar-refractivity contribution is 7.14. The Bertz CT molecular complexity index is 1040. The fourth-order valence-electron chi connectivity index (χ4n) is 2.92. The number of hydrogen-bond acceptors (Lipinski definition) is 6. The quantitative estimate of drug-likeness (QED) is 0.536. The average Bonchev–Trinajstić information content (AvgIpc) is 3.15. The summed E-state index contributed by atoms with van der Waals surface area (Å²) in [6.45, 7) is 3.94. The summed E-state index contributed by atoms with van der Waals surface area (Å²) in [5.41, 5.74) is 5.01. The van der Waals surface area contributed by atoms with Crippen LogP contribution < -0.4 is 5.32 Å². The molecule has 6 heteroatoms. The first-order valence-electron chi connectivity index (χ1n) is 8.71. The molecular weight excluding hydrogens is 354 g/mol. The summed E-state index contributed by atoms with van der Waals surface area (Å²) in [5.74, 6) is 1.55. The Morgan fingerprint density at radius 2 is 1.70 bits per heavy atom. The van der Waals surface area contributed by atoms with Crippen LogP contribution in [0.15, 0.2) is 60.1 Å². The van der Waals surface area contributed by atoms with Gasteiger partial charge in [-0.25, -0.2) is 15.0 Å². The zero-order chi connectivity index (χ0) is 18.6. The second-order valence-electron chi connectivity index (χ2n) is 6.22. The second kappa shape index (κ2) is 7.63. The van der Waals surface area contributed by atoms with Crippen molar-refractivity contribution in [3.05, 3.63) is 82.8 Å². The van der Waals surface area contributed by atoms with Gasteiger partial charge in [-0.3, -0.25) is 4.98 Å². The third-order valence-corrected chi connectivity index (χ3v) is 4.96. The molecule has 0 saturated heterocycles. The van der Waals surface area contributed by atoms with Gasteiger partial charge in [0.15, 0.2) is 5.13 Å². The highest BCUT2D eigenvalue weighted by atomic mass is 32.1. The van der Waals surface area contributed by atoms with Crippen molar-refractivity contribution in [2.75, 3.05) is 5.32 Å². The van der Waals surface area contributed by atoms with E-state index >= 15 is 0 Å². The van der Waals surface area contributed by atoms with Crippen LogP contribution in [0.25, 0.3) is 11.4 Å². The van der Waals surface area contributed by atoms with Crippen LogP contribution in [0.4, 0.5) is 10.9 Å². The molecule has 1 aromatic carbocycles. The van der Waals surface area contributed by atoms with Crippen LogP contribution >= 0.6 is 11.3 Å². The molecule has 4 aromatic rings. The normalized spacial score (nSPS) is 10.7. The Morgan fingerprint density at radius 3 is 2.48 bits per heavy atom. The van der Waals surface area contributed by atoms with Gasteiger partial charge in [0.25, 0.3) is 0 Å². The van der Waals surface area contributed by atoms with Crippen LogP contribution in [0.5, 0.6) is 0 Å². The molecule has 27 heavy (non-hydrogen) atoms. The Hall–Kier alpha value is -3.12. The van der Waals surface area contributed by atoms with Crippen LogP contribution in [0, 0.1) is 13.8 Å². The predicted molar refractivity (Wildman–Crippen MR) is 109 cm³/mol. The first kappa shape index (κ1) is 17.3. The molecule has 0 amide bonds. The van der Waals surface area contributed by atoms with Crippen LogP contribution in [-0.2, 0) is 6.42 Å². The molecule has 3 aromatic heterocycles. The van der Waals surface area contributed by atoms with E-state index in [-0.39, 0.29) is 0 Å². The molecular formula is C21H19N5S. The Kier molecular flexibility index (Phi) is 4.89. The summed E-state index contributed by atoms with van der Waals surface area (Å²) in [6, 6.07) is 16.2. The molecule has 0 spiro atoms. The van der Waals surface area contributed by atoms with E-state index in [1.165, 1.54) is 5.56 Å². The van der Waals surface area contributed by atoms with Crippen molar-refractivity contribution < 1.29 is 0 Å². The van der Waals surface area contributed by atoms with Crippen LogP contribution in [0.2, 0.25) is 0 Å². The van der Waals surface area contributed by atoms with E-state index in [2.05, 4.69) is 37.4 Å². The van der Waals surface area contributed by atoms with Gasteiger partial charge in [0, 0.05) is 29.3 Å². The van der Waals surface area contributed by atoms with Gasteiger partial charge in [0.1, 0.15) is 17.3 Å². The first-order chi connectivity index (χ1) is 13.2. The Morgan fingerprint density at radius 1 is 0.889 bits per heavy atom. The number of hydrogen-bond donors (Lipinski definition) is 1. The van der Waals surface area contributed by atoms with E-state index in [0.29, 0.717) is 0 Å². The number of aromatic nitrogens is 4. The van der Waals surface area contributed by atoms with Gasteiger partial charge < -0.3 is 5.32 Å². The van der Waals surface area contributed by atoms with E-state index in [1.807, 2.05) is 55.6 Å². The summed E-state index contributed by atoms with van der Waals surface area (Å²) < 4.78 is 0. The van der Waals surface area contributed by atoms with E-state index in [9.17, 15) is 0 Å². The first-order valence-corrected chi connectivity index (χ1v) is 9.59. The highest BCUT2D eigenvalue weighted by Gasteiger charge is 2.13. The number of nitrogens with one attached hydrogen (secondary N) is 1. The molecule has 1 N–H and O–H groups in total. The molecule has 0 aliphatic rings. The van der Waals surface area contributed by atoms with Gasteiger partial charge in [0.05, 0.1) is 5.69 Å². The Balaban J connectivity index is 1.65. The highest BCUT2D eigenvalue weighted by Crippen LogP contribution is 2.28. The van der Waals surface area contributed by atoms with Crippen LogP contribution in [0.3, 0.4) is 0 Å². The minimum Gasteiger partial charge on any atom is -0.316 e. The lowest BCUT2D eigenvalue weighted by atomic mass is 10.0. The van der Waals surface area contributed by atoms with Gasteiger partial charge in [-0.15, -0.1) is 11.3 Å². The molecule has 4 rings (SSSR count). The smallest absolute Gasteiger partial charge is 0.188 e. The molecule has 134 valence electrons. The number of aryl methyl sites for hydroxylation is 2. The SMILES string of the molecule is Cc1nc(C)c(Cc2ccccc2)c(Nc2nc(-c3ccccn3)cs2)n1. The van der Waals surface area contributed by atoms with E-state index in [1.54, 1.807) is 17.5 Å². The van der Waals surface area contributed by atoms with Crippen molar-refractivity contribution in [1.29, 1.82) is 0 Å². The lowest BCUT2D eigenvalue weighted by Crippen LogP contribution is -2.06. The summed E-state index contributed by atoms with van der Waals surface area (Å²) in [5, 5.41) is 6.19. The monoisotopic (exact) mass is 373 g/mol. The van der Waals surface area contributed by atoms with Crippen molar-refractivity contribution in [1.82, 2.24) is 19.9 Å². The zero-order valence-electron chi connectivity index (χ0n) is 15.2. The van der Waals surface area contributed by atoms with Crippen LogP contribution in [0.1, 0.15) is 22.6 Å². The second-order valence-corrected chi connectivity index (χ2v) is 7.08.